The maximum absolute atomic E-state index is 12.4. The Kier molecular flexibility index (Phi) is 11.9. The molecule has 0 spiro atoms. The first-order chi connectivity index (χ1) is 19.2. The number of nitrogens with one attached hydrogen (secondary N) is 2. The number of alkyl halides is 3. The average Bonchev–Trinajstić information content (AvgIpc) is 3.36. The summed E-state index contributed by atoms with van der Waals surface area (Å²) in [6.07, 6.45) is -6.76. The van der Waals surface area contributed by atoms with Gasteiger partial charge in [0.1, 0.15) is 15.6 Å². The Bertz CT molecular complexity index is 1750. The van der Waals surface area contributed by atoms with E-state index in [4.69, 9.17) is 9.88 Å². The average molecular weight is 747 g/mol. The zero-order chi connectivity index (χ0) is 31.5. The Balaban J connectivity index is 0.000000293. The normalized spacial score (nSPS) is 12.2. The van der Waals surface area contributed by atoms with Gasteiger partial charge in [-0.05, 0) is 60.3 Å². The first-order valence-electron chi connectivity index (χ1n) is 11.8. The lowest BCUT2D eigenvalue weighted by Gasteiger charge is -2.21. The lowest BCUT2D eigenvalue weighted by Crippen LogP contribution is -2.39. The number of thiophene rings is 2. The number of hydrogen-bond acceptors (Lipinski definition) is 8. The van der Waals surface area contributed by atoms with Crippen molar-refractivity contribution in [2.75, 3.05) is 15.6 Å². The molecule has 0 aliphatic carbocycles. The fourth-order valence-corrected chi connectivity index (χ4v) is 8.45. The number of nitrogens with zero attached hydrogens (tertiary/aromatic N) is 1. The minimum absolute atomic E-state index is 0. The van der Waals surface area contributed by atoms with Crippen LogP contribution in [-0.2, 0) is 25.2 Å². The molecule has 4 rings (SSSR count). The van der Waals surface area contributed by atoms with Gasteiger partial charge in [0.15, 0.2) is 0 Å². The third kappa shape index (κ3) is 11.1. The lowest BCUT2D eigenvalue weighted by molar-refractivity contribution is -0.131. The van der Waals surface area contributed by atoms with Crippen LogP contribution in [0.2, 0.25) is 0 Å². The van der Waals surface area contributed by atoms with Gasteiger partial charge in [-0.25, -0.2) is 19.0 Å². The highest BCUT2D eigenvalue weighted by atomic mass is 79.9. The van der Waals surface area contributed by atoms with E-state index in [0.29, 0.717) is 13.8 Å². The topological polar surface area (TPSA) is 148 Å². The van der Waals surface area contributed by atoms with E-state index >= 15 is 0 Å². The number of hydrogen-bond donors (Lipinski definition) is 3. The standard InChI is InChI=1S/C13H16N2O4S2.C11H10BrF3N2O2S2.CH3/c1-13(2,3)19-12(16)15-21(17,18)14-11-8-9-6-4-5-7-10(9)20-11;12-9-7-3-1-2-4-8(7)20-10(9)17(21(16,18)19)6-5-11(13,14)15;/h4-8,14H,1-3H3,(H,15,16);1-4H,5-6H2,(H2,16,18,19);1H3/q;;-1. The third-order valence-electron chi connectivity index (χ3n) is 4.93. The molecule has 4 aromatic rings. The number of rotatable bonds is 7. The summed E-state index contributed by atoms with van der Waals surface area (Å²) in [7, 11) is -8.31. The number of nitrogens with two attached hydrogens (primary N) is 1. The maximum atomic E-state index is 12.4. The molecule has 0 bridgehead atoms. The number of fused-ring (bicyclic) bond motifs is 2. The van der Waals surface area contributed by atoms with Crippen molar-refractivity contribution in [3.63, 3.8) is 0 Å². The van der Waals surface area contributed by atoms with E-state index in [1.165, 1.54) is 11.3 Å². The molecule has 2 aromatic heterocycles. The number of carbonyl (C=O) groups is 1. The van der Waals surface area contributed by atoms with E-state index < -0.39 is 51.3 Å². The molecule has 0 atom stereocenters. The lowest BCUT2D eigenvalue weighted by atomic mass is 10.2. The Labute approximate surface area is 264 Å². The second-order valence-corrected chi connectivity index (χ2v) is 15.4. The summed E-state index contributed by atoms with van der Waals surface area (Å²) in [5.41, 5.74) is -0.767. The molecule has 0 saturated heterocycles. The Morgan fingerprint density at radius 2 is 1.58 bits per heavy atom. The molecule has 238 valence electrons. The molecule has 2 aromatic carbocycles. The van der Waals surface area contributed by atoms with Crippen LogP contribution in [0.5, 0.6) is 0 Å². The van der Waals surface area contributed by atoms with Gasteiger partial charge in [-0.1, -0.05) is 36.4 Å². The number of benzene rings is 2. The summed E-state index contributed by atoms with van der Waals surface area (Å²) < 4.78 is 95.7. The van der Waals surface area contributed by atoms with Crippen LogP contribution in [0.1, 0.15) is 27.2 Å². The molecule has 1 amide bonds. The number of amides is 1. The van der Waals surface area contributed by atoms with Gasteiger partial charge in [-0.15, -0.1) is 22.7 Å². The summed E-state index contributed by atoms with van der Waals surface area (Å²) in [5, 5.41) is 7.26. The molecular weight excluding hydrogens is 717 g/mol. The van der Waals surface area contributed by atoms with Gasteiger partial charge in [0.2, 0.25) is 0 Å². The minimum Gasteiger partial charge on any atom is -0.443 e. The van der Waals surface area contributed by atoms with E-state index in [9.17, 15) is 34.8 Å². The number of ether oxygens (including phenoxy) is 1. The second-order valence-electron chi connectivity index (χ2n) is 9.56. The number of carbonyl (C=O) groups excluding carboxylic acids is 1. The molecule has 0 aliphatic rings. The Morgan fingerprint density at radius 1 is 1.00 bits per heavy atom. The third-order valence-corrected chi connectivity index (χ3v) is 10.4. The predicted octanol–water partition coefficient (Wildman–Crippen LogP) is 7.16. The van der Waals surface area contributed by atoms with Gasteiger partial charge in [0, 0.05) is 21.3 Å². The molecule has 0 aliphatic heterocycles. The van der Waals surface area contributed by atoms with Crippen molar-refractivity contribution in [2.45, 2.75) is 39.0 Å². The number of anilines is 2. The second kappa shape index (κ2) is 14.0. The van der Waals surface area contributed by atoms with Crippen molar-refractivity contribution >= 4 is 95.3 Å². The van der Waals surface area contributed by atoms with Crippen molar-refractivity contribution in [1.82, 2.24) is 4.72 Å². The van der Waals surface area contributed by atoms with Crippen molar-refractivity contribution in [1.29, 1.82) is 0 Å². The van der Waals surface area contributed by atoms with E-state index in [-0.39, 0.29) is 12.4 Å². The van der Waals surface area contributed by atoms with Crippen LogP contribution in [0.4, 0.5) is 28.0 Å². The van der Waals surface area contributed by atoms with Crippen LogP contribution in [0.25, 0.3) is 20.2 Å². The van der Waals surface area contributed by atoms with Crippen molar-refractivity contribution < 1.29 is 39.5 Å². The maximum Gasteiger partial charge on any atom is 0.422 e. The van der Waals surface area contributed by atoms with E-state index in [2.05, 4.69) is 20.7 Å². The van der Waals surface area contributed by atoms with Gasteiger partial charge in [0.05, 0.1) is 10.9 Å². The summed E-state index contributed by atoms with van der Waals surface area (Å²) >= 11 is 5.58. The van der Waals surface area contributed by atoms with Crippen molar-refractivity contribution in [2.24, 2.45) is 5.14 Å². The smallest absolute Gasteiger partial charge is 0.422 e. The molecule has 0 fully saturated rings. The molecule has 0 saturated carbocycles. The summed E-state index contributed by atoms with van der Waals surface area (Å²) in [6, 6.07) is 16.2. The predicted molar refractivity (Wildman–Crippen MR) is 171 cm³/mol. The SMILES string of the molecule is CC(C)(C)OC(=O)NS(=O)(=O)Nc1cc2ccccc2s1.NS(=O)(=O)N(CCC(F)(F)F)c1sc2ccccc2c1Br.[CH3-]. The Hall–Kier alpha value is -2.64. The van der Waals surface area contributed by atoms with Gasteiger partial charge in [-0.3, -0.25) is 4.72 Å². The summed E-state index contributed by atoms with van der Waals surface area (Å²) in [5.74, 6) is 0. The fourth-order valence-electron chi connectivity index (χ4n) is 3.33. The van der Waals surface area contributed by atoms with Crippen LogP contribution in [0.3, 0.4) is 0 Å². The van der Waals surface area contributed by atoms with Crippen LogP contribution >= 0.6 is 38.6 Å². The quantitative estimate of drug-likeness (QED) is 0.171. The van der Waals surface area contributed by atoms with Gasteiger partial charge < -0.3 is 12.2 Å². The summed E-state index contributed by atoms with van der Waals surface area (Å²) in [4.78, 5) is 11.5. The highest BCUT2D eigenvalue weighted by molar-refractivity contribution is 9.10. The zero-order valence-corrected chi connectivity index (χ0v) is 28.1. The zero-order valence-electron chi connectivity index (χ0n) is 23.2. The largest absolute Gasteiger partial charge is 0.443 e. The van der Waals surface area contributed by atoms with Crippen molar-refractivity contribution in [3.8, 4) is 0 Å². The van der Waals surface area contributed by atoms with E-state index in [1.54, 1.807) is 51.1 Å². The molecule has 4 N–H and O–H groups in total. The van der Waals surface area contributed by atoms with Crippen LogP contribution in [0.15, 0.2) is 59.1 Å². The van der Waals surface area contributed by atoms with Crippen LogP contribution in [-0.4, -0.2) is 41.3 Å². The first-order valence-corrected chi connectivity index (χ1v) is 17.2. The molecule has 0 radical (unpaired) electrons. The first kappa shape index (κ1) is 36.6. The highest BCUT2D eigenvalue weighted by Gasteiger charge is 2.32. The molecule has 18 heteroatoms. The van der Waals surface area contributed by atoms with Gasteiger partial charge in [0.25, 0.3) is 10.2 Å². The Morgan fingerprint density at radius 3 is 2.12 bits per heavy atom. The highest BCUT2D eigenvalue weighted by Crippen LogP contribution is 2.43. The molecule has 43 heavy (non-hydrogen) atoms. The fraction of sp³-hybridized carbons (Fsp3) is 0.280. The van der Waals surface area contributed by atoms with E-state index in [0.717, 1.165) is 31.5 Å². The summed E-state index contributed by atoms with van der Waals surface area (Å²) in [6.45, 7) is 4.20. The van der Waals surface area contributed by atoms with Crippen LogP contribution < -0.4 is 18.9 Å². The van der Waals surface area contributed by atoms with Crippen molar-refractivity contribution in [3.05, 3.63) is 66.5 Å². The molecular formula is C25H29BrF3N4O6S4-. The molecule has 2 heterocycles. The minimum atomic E-state index is -4.47. The monoisotopic (exact) mass is 745 g/mol. The van der Waals surface area contributed by atoms with Gasteiger partial charge >= 0.3 is 22.5 Å². The van der Waals surface area contributed by atoms with E-state index in [1.807, 2.05) is 29.0 Å². The molecule has 0 unspecified atom stereocenters. The van der Waals surface area contributed by atoms with Gasteiger partial charge in [-0.2, -0.15) is 30.0 Å². The van der Waals surface area contributed by atoms with Crippen LogP contribution in [0, 0.1) is 7.43 Å². The molecule has 10 nitrogen and oxygen atoms in total. The number of halogens is 4.